The molecule has 0 unspecified atom stereocenters. The fraction of sp³-hybridized carbons (Fsp3) is 0.250. The second-order valence-corrected chi connectivity index (χ2v) is 3.11. The molecule has 1 aromatic carbocycles. The number of carboxylic acids is 1. The van der Waals surface area contributed by atoms with Crippen LogP contribution in [0.5, 0.6) is 0 Å². The molecule has 0 saturated carbocycles. The largest absolute Gasteiger partial charge is 0.481 e. The van der Waals surface area contributed by atoms with Crippen LogP contribution in [-0.4, -0.2) is 11.1 Å². The van der Waals surface area contributed by atoms with Crippen LogP contribution in [0.2, 0.25) is 0 Å². The zero-order chi connectivity index (χ0) is 10.4. The summed E-state index contributed by atoms with van der Waals surface area (Å²) < 4.78 is 0. The van der Waals surface area contributed by atoms with E-state index >= 15 is 0 Å². The number of benzene rings is 1. The lowest BCUT2D eigenvalue weighted by Crippen LogP contribution is -2.05. The van der Waals surface area contributed by atoms with Crippen LogP contribution >= 0.6 is 0 Å². The Morgan fingerprint density at radius 3 is 2.57 bits per heavy atom. The Balaban J connectivity index is 2.78. The van der Waals surface area contributed by atoms with Gasteiger partial charge in [-0.15, -0.1) is 12.3 Å². The van der Waals surface area contributed by atoms with E-state index in [4.69, 9.17) is 11.5 Å². The van der Waals surface area contributed by atoms with Gasteiger partial charge in [0, 0.05) is 12.3 Å². The highest BCUT2D eigenvalue weighted by molar-refractivity contribution is 5.68. The van der Waals surface area contributed by atoms with Crippen LogP contribution in [0, 0.1) is 12.3 Å². The molecule has 0 fully saturated rings. The first-order valence-corrected chi connectivity index (χ1v) is 4.44. The molecule has 2 nitrogen and oxygen atoms in total. The zero-order valence-corrected chi connectivity index (χ0v) is 7.81. The van der Waals surface area contributed by atoms with Crippen LogP contribution in [0.1, 0.15) is 24.3 Å². The average Bonchev–Trinajstić information content (AvgIpc) is 2.18. The molecule has 72 valence electrons. The SMILES string of the molecule is C#CC[C@@H](CC(=O)O)c1ccccc1. The molecule has 1 atom stereocenters. The number of terminal acetylenes is 1. The van der Waals surface area contributed by atoms with E-state index in [1.54, 1.807) is 0 Å². The Morgan fingerprint density at radius 1 is 1.43 bits per heavy atom. The third kappa shape index (κ3) is 2.95. The lowest BCUT2D eigenvalue weighted by atomic mass is 9.93. The molecule has 0 bridgehead atoms. The van der Waals surface area contributed by atoms with Gasteiger partial charge in [-0.2, -0.15) is 0 Å². The quantitative estimate of drug-likeness (QED) is 0.736. The van der Waals surface area contributed by atoms with Crippen LogP contribution in [0.25, 0.3) is 0 Å². The molecule has 0 spiro atoms. The maximum Gasteiger partial charge on any atom is 0.303 e. The van der Waals surface area contributed by atoms with E-state index in [-0.39, 0.29) is 12.3 Å². The van der Waals surface area contributed by atoms with Crippen molar-refractivity contribution < 1.29 is 9.90 Å². The Morgan fingerprint density at radius 2 is 2.07 bits per heavy atom. The molecule has 0 radical (unpaired) electrons. The standard InChI is InChI=1S/C12H12O2/c1-2-6-11(9-12(13)14)10-7-4-3-5-8-10/h1,3-5,7-8,11H,6,9H2,(H,13,14)/t11-/m0/s1. The fourth-order valence-electron chi connectivity index (χ4n) is 1.39. The van der Waals surface area contributed by atoms with Gasteiger partial charge in [0.1, 0.15) is 0 Å². The summed E-state index contributed by atoms with van der Waals surface area (Å²) in [6.07, 6.45) is 5.76. The number of hydrogen-bond donors (Lipinski definition) is 1. The van der Waals surface area contributed by atoms with E-state index in [9.17, 15) is 4.79 Å². The van der Waals surface area contributed by atoms with Crippen LogP contribution in [0.3, 0.4) is 0 Å². The summed E-state index contributed by atoms with van der Waals surface area (Å²) in [6.45, 7) is 0. The summed E-state index contributed by atoms with van der Waals surface area (Å²) in [4.78, 5) is 10.6. The summed E-state index contributed by atoms with van der Waals surface area (Å²) in [7, 11) is 0. The highest BCUT2D eigenvalue weighted by atomic mass is 16.4. The van der Waals surface area contributed by atoms with Gasteiger partial charge in [0.25, 0.3) is 0 Å². The monoisotopic (exact) mass is 188 g/mol. The third-order valence-electron chi connectivity index (χ3n) is 2.06. The van der Waals surface area contributed by atoms with Gasteiger partial charge in [-0.3, -0.25) is 4.79 Å². The van der Waals surface area contributed by atoms with Gasteiger partial charge in [-0.1, -0.05) is 30.3 Å². The fourth-order valence-corrected chi connectivity index (χ4v) is 1.39. The van der Waals surface area contributed by atoms with E-state index in [2.05, 4.69) is 5.92 Å². The summed E-state index contributed by atoms with van der Waals surface area (Å²) in [6, 6.07) is 9.49. The summed E-state index contributed by atoms with van der Waals surface area (Å²) in [5.74, 6) is 1.63. The molecule has 1 rings (SSSR count). The van der Waals surface area contributed by atoms with Crippen molar-refractivity contribution in [2.75, 3.05) is 0 Å². The molecule has 2 heteroatoms. The smallest absolute Gasteiger partial charge is 0.303 e. The number of hydrogen-bond acceptors (Lipinski definition) is 1. The average molecular weight is 188 g/mol. The number of aliphatic carboxylic acids is 1. The van der Waals surface area contributed by atoms with Crippen LogP contribution in [0.15, 0.2) is 30.3 Å². The minimum Gasteiger partial charge on any atom is -0.481 e. The highest BCUT2D eigenvalue weighted by Crippen LogP contribution is 2.22. The minimum atomic E-state index is -0.811. The van der Waals surface area contributed by atoms with Crippen molar-refractivity contribution in [2.45, 2.75) is 18.8 Å². The van der Waals surface area contributed by atoms with E-state index in [1.165, 1.54) is 0 Å². The van der Waals surface area contributed by atoms with Gasteiger partial charge in [-0.25, -0.2) is 0 Å². The maximum atomic E-state index is 10.6. The Bertz CT molecular complexity index is 335. The second-order valence-electron chi connectivity index (χ2n) is 3.11. The predicted molar refractivity (Wildman–Crippen MR) is 54.9 cm³/mol. The second kappa shape index (κ2) is 5.08. The van der Waals surface area contributed by atoms with Gasteiger partial charge < -0.3 is 5.11 Å². The van der Waals surface area contributed by atoms with Crippen LogP contribution in [0.4, 0.5) is 0 Å². The topological polar surface area (TPSA) is 37.3 Å². The van der Waals surface area contributed by atoms with Crippen LogP contribution < -0.4 is 0 Å². The van der Waals surface area contributed by atoms with Crippen molar-refractivity contribution in [1.29, 1.82) is 0 Å². The normalized spacial score (nSPS) is 11.6. The lowest BCUT2D eigenvalue weighted by Gasteiger charge is -2.11. The number of rotatable bonds is 4. The molecule has 0 amide bonds. The summed E-state index contributed by atoms with van der Waals surface area (Å²) >= 11 is 0. The molecular formula is C12H12O2. The maximum absolute atomic E-state index is 10.6. The molecule has 0 aliphatic carbocycles. The Kier molecular flexibility index (Phi) is 3.75. The highest BCUT2D eigenvalue weighted by Gasteiger charge is 2.13. The van der Waals surface area contributed by atoms with Gasteiger partial charge in [0.2, 0.25) is 0 Å². The van der Waals surface area contributed by atoms with Gasteiger partial charge in [-0.05, 0) is 5.56 Å². The first-order valence-electron chi connectivity index (χ1n) is 4.44. The Hall–Kier alpha value is -1.75. The minimum absolute atomic E-state index is 0.0706. The van der Waals surface area contributed by atoms with Crippen molar-refractivity contribution in [3.05, 3.63) is 35.9 Å². The number of carbonyl (C=O) groups is 1. The molecule has 0 aliphatic heterocycles. The van der Waals surface area contributed by atoms with Crippen molar-refractivity contribution >= 4 is 5.97 Å². The molecular weight excluding hydrogens is 176 g/mol. The third-order valence-corrected chi connectivity index (χ3v) is 2.06. The van der Waals surface area contributed by atoms with Gasteiger partial charge in [0.15, 0.2) is 0 Å². The molecule has 1 aromatic rings. The molecule has 0 heterocycles. The number of carboxylic acid groups (broad SMARTS) is 1. The van der Waals surface area contributed by atoms with Crippen LogP contribution in [-0.2, 0) is 4.79 Å². The molecule has 0 aliphatic rings. The van der Waals surface area contributed by atoms with Gasteiger partial charge >= 0.3 is 5.97 Å². The lowest BCUT2D eigenvalue weighted by molar-refractivity contribution is -0.137. The van der Waals surface area contributed by atoms with Crippen molar-refractivity contribution in [3.8, 4) is 12.3 Å². The van der Waals surface area contributed by atoms with Gasteiger partial charge in [0.05, 0.1) is 6.42 Å². The predicted octanol–water partition coefficient (Wildman–Crippen LogP) is 2.27. The molecule has 14 heavy (non-hydrogen) atoms. The first-order chi connectivity index (χ1) is 6.74. The Labute approximate surface area is 83.6 Å². The molecule has 0 aromatic heterocycles. The first kappa shape index (κ1) is 10.3. The molecule has 0 saturated heterocycles. The van der Waals surface area contributed by atoms with E-state index in [1.807, 2.05) is 30.3 Å². The van der Waals surface area contributed by atoms with E-state index < -0.39 is 5.97 Å². The summed E-state index contributed by atoms with van der Waals surface area (Å²) in [5.41, 5.74) is 0.993. The summed E-state index contributed by atoms with van der Waals surface area (Å²) in [5, 5.41) is 8.70. The van der Waals surface area contributed by atoms with Crippen molar-refractivity contribution in [3.63, 3.8) is 0 Å². The van der Waals surface area contributed by atoms with Crippen molar-refractivity contribution in [2.24, 2.45) is 0 Å². The van der Waals surface area contributed by atoms with E-state index in [0.717, 1.165) is 5.56 Å². The van der Waals surface area contributed by atoms with E-state index in [0.29, 0.717) is 6.42 Å². The van der Waals surface area contributed by atoms with Crippen molar-refractivity contribution in [1.82, 2.24) is 0 Å². The zero-order valence-electron chi connectivity index (χ0n) is 7.81. The molecule has 1 N–H and O–H groups in total.